The molecule has 2 saturated heterocycles. The Kier molecular flexibility index (Phi) is 5.01. The van der Waals surface area contributed by atoms with Gasteiger partial charge in [-0.05, 0) is 29.7 Å². The van der Waals surface area contributed by atoms with E-state index in [1.165, 1.54) is 17.6 Å². The van der Waals surface area contributed by atoms with Gasteiger partial charge in [-0.3, -0.25) is 4.79 Å². The summed E-state index contributed by atoms with van der Waals surface area (Å²) in [6, 6.07) is 3.74. The summed E-state index contributed by atoms with van der Waals surface area (Å²) in [4.78, 5) is 15.2. The van der Waals surface area contributed by atoms with Gasteiger partial charge in [-0.2, -0.15) is 0 Å². The molecule has 1 aromatic heterocycles. The Balaban J connectivity index is 1.71. The number of nitrogens with zero attached hydrogens (tertiary/aromatic N) is 2. The number of thiophene rings is 1. The highest BCUT2D eigenvalue weighted by atomic mass is 32.2. The molecule has 2 fully saturated rings. The standard InChI is InChI=1S/C16H24N2O4S2/c1-22-11-13-10-18(24(2,20)21)12-16(13)5-7-17(8-6-16)15(19)14-4-3-9-23-14/h3-4,9,13H,5-8,10-12H2,1-2H3. The number of hydrogen-bond acceptors (Lipinski definition) is 5. The van der Waals surface area contributed by atoms with Crippen molar-refractivity contribution in [2.45, 2.75) is 12.8 Å². The maximum atomic E-state index is 12.5. The predicted molar refractivity (Wildman–Crippen MR) is 93.7 cm³/mol. The van der Waals surface area contributed by atoms with Crippen molar-refractivity contribution in [3.8, 4) is 0 Å². The van der Waals surface area contributed by atoms with Crippen LogP contribution < -0.4 is 0 Å². The second kappa shape index (κ2) is 6.74. The van der Waals surface area contributed by atoms with E-state index >= 15 is 0 Å². The van der Waals surface area contributed by atoms with Crippen LogP contribution in [0.5, 0.6) is 0 Å². The zero-order valence-corrected chi connectivity index (χ0v) is 15.7. The van der Waals surface area contributed by atoms with Gasteiger partial charge >= 0.3 is 0 Å². The molecule has 1 unspecified atom stereocenters. The third-order valence-corrected chi connectivity index (χ3v) is 7.47. The van der Waals surface area contributed by atoms with E-state index in [1.54, 1.807) is 11.4 Å². The van der Waals surface area contributed by atoms with E-state index in [-0.39, 0.29) is 17.2 Å². The van der Waals surface area contributed by atoms with Crippen LogP contribution in [0.1, 0.15) is 22.5 Å². The van der Waals surface area contributed by atoms with E-state index in [0.717, 1.165) is 17.7 Å². The van der Waals surface area contributed by atoms with Gasteiger partial charge in [-0.1, -0.05) is 6.07 Å². The normalized spacial score (nSPS) is 24.6. The Hall–Kier alpha value is -0.960. The van der Waals surface area contributed by atoms with Gasteiger partial charge in [0.05, 0.1) is 17.7 Å². The molecule has 0 bridgehead atoms. The third-order valence-electron chi connectivity index (χ3n) is 5.40. The number of rotatable bonds is 4. The minimum atomic E-state index is -3.20. The maximum Gasteiger partial charge on any atom is 0.263 e. The largest absolute Gasteiger partial charge is 0.384 e. The number of methoxy groups -OCH3 is 1. The van der Waals surface area contributed by atoms with Gasteiger partial charge in [0.25, 0.3) is 5.91 Å². The van der Waals surface area contributed by atoms with Crippen molar-refractivity contribution in [3.05, 3.63) is 22.4 Å². The first-order valence-electron chi connectivity index (χ1n) is 8.12. The fourth-order valence-corrected chi connectivity index (χ4v) is 5.58. The monoisotopic (exact) mass is 372 g/mol. The molecule has 3 heterocycles. The smallest absolute Gasteiger partial charge is 0.263 e. The Labute approximate surface area is 147 Å². The molecule has 1 atom stereocenters. The lowest BCUT2D eigenvalue weighted by atomic mass is 9.71. The zero-order chi connectivity index (χ0) is 17.4. The summed E-state index contributed by atoms with van der Waals surface area (Å²) in [7, 11) is -1.54. The lowest BCUT2D eigenvalue weighted by Gasteiger charge is -2.42. The van der Waals surface area contributed by atoms with Gasteiger partial charge in [0, 0.05) is 39.2 Å². The molecule has 3 rings (SSSR count). The molecule has 8 heteroatoms. The lowest BCUT2D eigenvalue weighted by molar-refractivity contribution is 0.0330. The molecule has 0 aliphatic carbocycles. The minimum Gasteiger partial charge on any atom is -0.384 e. The first-order chi connectivity index (χ1) is 11.4. The van der Waals surface area contributed by atoms with Gasteiger partial charge in [-0.25, -0.2) is 12.7 Å². The number of carbonyl (C=O) groups excluding carboxylic acids is 1. The van der Waals surface area contributed by atoms with Crippen LogP contribution in [0.15, 0.2) is 17.5 Å². The van der Waals surface area contributed by atoms with Crippen LogP contribution in [0, 0.1) is 11.3 Å². The quantitative estimate of drug-likeness (QED) is 0.803. The summed E-state index contributed by atoms with van der Waals surface area (Å²) in [6.45, 7) is 2.97. The summed E-state index contributed by atoms with van der Waals surface area (Å²) in [6.07, 6.45) is 2.92. The van der Waals surface area contributed by atoms with Crippen molar-refractivity contribution >= 4 is 27.3 Å². The Morgan fingerprint density at radius 2 is 2.12 bits per heavy atom. The third kappa shape index (κ3) is 3.37. The van der Waals surface area contributed by atoms with Crippen molar-refractivity contribution in [2.24, 2.45) is 11.3 Å². The second-order valence-electron chi connectivity index (χ2n) is 6.84. The molecule has 134 valence electrons. The highest BCUT2D eigenvalue weighted by Crippen LogP contribution is 2.45. The van der Waals surface area contributed by atoms with E-state index in [1.807, 2.05) is 22.4 Å². The summed E-state index contributed by atoms with van der Waals surface area (Å²) in [5.41, 5.74) is -0.0781. The summed E-state index contributed by atoms with van der Waals surface area (Å²) < 4.78 is 30.8. The number of carbonyl (C=O) groups is 1. The van der Waals surface area contributed by atoms with Crippen LogP contribution in [0.3, 0.4) is 0 Å². The van der Waals surface area contributed by atoms with Gasteiger partial charge in [0.2, 0.25) is 10.0 Å². The predicted octanol–water partition coefficient (Wildman–Crippen LogP) is 1.51. The molecule has 0 radical (unpaired) electrons. The molecule has 0 saturated carbocycles. The van der Waals surface area contributed by atoms with Crippen molar-refractivity contribution in [3.63, 3.8) is 0 Å². The van der Waals surface area contributed by atoms with Gasteiger partial charge in [0.1, 0.15) is 0 Å². The highest BCUT2D eigenvalue weighted by molar-refractivity contribution is 7.88. The first kappa shape index (κ1) is 17.8. The van der Waals surface area contributed by atoms with Gasteiger partial charge < -0.3 is 9.64 Å². The number of ether oxygens (including phenoxy) is 1. The molecule has 0 N–H and O–H groups in total. The van der Waals surface area contributed by atoms with E-state index in [4.69, 9.17) is 4.74 Å². The topological polar surface area (TPSA) is 66.9 Å². The van der Waals surface area contributed by atoms with E-state index in [0.29, 0.717) is 32.8 Å². The van der Waals surface area contributed by atoms with Crippen LogP contribution in [-0.4, -0.2) is 69.7 Å². The molecule has 6 nitrogen and oxygen atoms in total. The molecule has 24 heavy (non-hydrogen) atoms. The molecule has 1 spiro atoms. The van der Waals surface area contributed by atoms with Crippen LogP contribution in [-0.2, 0) is 14.8 Å². The average Bonchev–Trinajstić information content (AvgIpc) is 3.17. The minimum absolute atomic E-state index is 0.0781. The number of amides is 1. The number of sulfonamides is 1. The fraction of sp³-hybridized carbons (Fsp3) is 0.688. The Morgan fingerprint density at radius 1 is 1.42 bits per heavy atom. The van der Waals surface area contributed by atoms with Gasteiger partial charge in [-0.15, -0.1) is 11.3 Å². The van der Waals surface area contributed by atoms with Crippen LogP contribution in [0.4, 0.5) is 0 Å². The molecule has 2 aliphatic heterocycles. The number of piperidine rings is 1. The van der Waals surface area contributed by atoms with Crippen molar-refractivity contribution in [1.82, 2.24) is 9.21 Å². The highest BCUT2D eigenvalue weighted by Gasteiger charge is 2.50. The van der Waals surface area contributed by atoms with Gasteiger partial charge in [0.15, 0.2) is 0 Å². The number of hydrogen-bond donors (Lipinski definition) is 0. The van der Waals surface area contributed by atoms with E-state index in [2.05, 4.69) is 0 Å². The molecule has 0 aromatic carbocycles. The average molecular weight is 373 g/mol. The Morgan fingerprint density at radius 3 is 2.67 bits per heavy atom. The van der Waals surface area contributed by atoms with Crippen LogP contribution in [0.2, 0.25) is 0 Å². The first-order valence-corrected chi connectivity index (χ1v) is 10.9. The maximum absolute atomic E-state index is 12.5. The van der Waals surface area contributed by atoms with E-state index < -0.39 is 10.0 Å². The summed E-state index contributed by atoms with van der Waals surface area (Å²) >= 11 is 1.46. The summed E-state index contributed by atoms with van der Waals surface area (Å²) in [5.74, 6) is 0.275. The molecular weight excluding hydrogens is 348 g/mol. The van der Waals surface area contributed by atoms with Crippen molar-refractivity contribution < 1.29 is 17.9 Å². The van der Waals surface area contributed by atoms with Crippen LogP contribution in [0.25, 0.3) is 0 Å². The summed E-state index contributed by atoms with van der Waals surface area (Å²) in [5, 5.41) is 1.91. The van der Waals surface area contributed by atoms with E-state index in [9.17, 15) is 13.2 Å². The SMILES string of the molecule is COCC1CN(S(C)(=O)=O)CC12CCN(C(=O)c1cccs1)CC2. The Bertz CT molecular complexity index is 679. The number of likely N-dealkylation sites (tertiary alicyclic amines) is 1. The molecular formula is C16H24N2O4S2. The molecule has 1 aromatic rings. The van der Waals surface area contributed by atoms with Crippen molar-refractivity contribution in [2.75, 3.05) is 46.2 Å². The fourth-order valence-electron chi connectivity index (χ4n) is 3.95. The molecule has 1 amide bonds. The zero-order valence-electron chi connectivity index (χ0n) is 14.1. The van der Waals surface area contributed by atoms with Crippen molar-refractivity contribution in [1.29, 1.82) is 0 Å². The lowest BCUT2D eigenvalue weighted by Crippen LogP contribution is -2.47. The second-order valence-corrected chi connectivity index (χ2v) is 9.77. The molecule has 2 aliphatic rings. The van der Waals surface area contributed by atoms with Crippen LogP contribution >= 0.6 is 11.3 Å².